The molecule has 0 saturated heterocycles. The van der Waals surface area contributed by atoms with Crippen LogP contribution >= 0.6 is 23.2 Å². The number of nitrogens with zero attached hydrogens (tertiary/aromatic N) is 2. The lowest BCUT2D eigenvalue weighted by Gasteiger charge is -2.35. The van der Waals surface area contributed by atoms with Gasteiger partial charge in [-0.3, -0.25) is 14.1 Å². The van der Waals surface area contributed by atoms with Crippen LogP contribution in [0.15, 0.2) is 59.6 Å². The quantitative estimate of drug-likeness (QED) is 0.376. The Morgan fingerprint density at radius 2 is 1.80 bits per heavy atom. The highest BCUT2D eigenvalue weighted by Gasteiger charge is 2.37. The van der Waals surface area contributed by atoms with E-state index in [1.54, 1.807) is 13.0 Å². The Balaban J connectivity index is 1.75. The summed E-state index contributed by atoms with van der Waals surface area (Å²) in [6.07, 6.45) is -4.23. The predicted molar refractivity (Wildman–Crippen MR) is 142 cm³/mol. The summed E-state index contributed by atoms with van der Waals surface area (Å²) in [5.41, 5.74) is -0.890. The number of hydrogen-bond donors (Lipinski definition) is 2. The van der Waals surface area contributed by atoms with Crippen LogP contribution in [0, 0.1) is 0 Å². The molecule has 0 radical (unpaired) electrons. The van der Waals surface area contributed by atoms with Gasteiger partial charge in [-0.25, -0.2) is 13.2 Å². The van der Waals surface area contributed by atoms with Crippen LogP contribution in [0.25, 0.3) is 0 Å². The van der Waals surface area contributed by atoms with Crippen LogP contribution in [0.5, 0.6) is 0 Å². The molecule has 40 heavy (non-hydrogen) atoms. The van der Waals surface area contributed by atoms with Crippen molar-refractivity contribution in [3.63, 3.8) is 0 Å². The molecule has 4 rings (SSSR count). The zero-order chi connectivity index (χ0) is 29.2. The SMILES string of the molecule is CCOC(=O)N[C@H]1Cc2ncc(NC(=O)c3c(Cl)cccc3Cl)cc2N(S(=O)(=O)c2cccc(C(F)(F)F)c2)C1. The van der Waals surface area contributed by atoms with Gasteiger partial charge in [-0.05, 0) is 43.3 Å². The van der Waals surface area contributed by atoms with Gasteiger partial charge >= 0.3 is 12.3 Å². The Morgan fingerprint density at radius 1 is 1.12 bits per heavy atom. The average molecular weight is 617 g/mol. The topological polar surface area (TPSA) is 118 Å². The number of ether oxygens (including phenoxy) is 1. The summed E-state index contributed by atoms with van der Waals surface area (Å²) >= 11 is 12.2. The van der Waals surface area contributed by atoms with Crippen LogP contribution in [-0.4, -0.2) is 44.6 Å². The van der Waals surface area contributed by atoms with Crippen LogP contribution < -0.4 is 14.9 Å². The summed E-state index contributed by atoms with van der Waals surface area (Å²) in [7, 11) is -4.60. The number of carbonyl (C=O) groups is 2. The molecule has 2 heterocycles. The number of benzene rings is 2. The minimum atomic E-state index is -4.78. The van der Waals surface area contributed by atoms with E-state index < -0.39 is 44.7 Å². The zero-order valence-electron chi connectivity index (χ0n) is 20.6. The summed E-state index contributed by atoms with van der Waals surface area (Å²) in [4.78, 5) is 28.6. The van der Waals surface area contributed by atoms with Crippen LogP contribution in [0.2, 0.25) is 10.0 Å². The number of alkyl halides is 3. The van der Waals surface area contributed by atoms with Crippen molar-refractivity contribution in [2.45, 2.75) is 30.5 Å². The van der Waals surface area contributed by atoms with E-state index in [-0.39, 0.29) is 52.2 Å². The van der Waals surface area contributed by atoms with Crippen LogP contribution in [0.1, 0.15) is 28.5 Å². The molecule has 0 aliphatic carbocycles. The number of alkyl carbamates (subject to hydrolysis) is 1. The third kappa shape index (κ3) is 6.26. The summed E-state index contributed by atoms with van der Waals surface area (Å²) < 4.78 is 73.2. The maximum Gasteiger partial charge on any atom is 0.416 e. The fourth-order valence-electron chi connectivity index (χ4n) is 4.05. The van der Waals surface area contributed by atoms with Gasteiger partial charge in [-0.15, -0.1) is 0 Å². The van der Waals surface area contributed by atoms with Crippen molar-refractivity contribution >= 4 is 56.6 Å². The first-order valence-corrected chi connectivity index (χ1v) is 13.9. The lowest BCUT2D eigenvalue weighted by Crippen LogP contribution is -2.50. The Hall–Kier alpha value is -3.55. The molecule has 1 aliphatic rings. The first kappa shape index (κ1) is 29.4. The molecular weight excluding hydrogens is 596 g/mol. The van der Waals surface area contributed by atoms with Crippen molar-refractivity contribution in [1.82, 2.24) is 10.3 Å². The molecule has 1 atom stereocenters. The number of sulfonamides is 1. The maximum absolute atomic E-state index is 13.7. The number of amides is 2. The van der Waals surface area contributed by atoms with Crippen LogP contribution in [0.4, 0.5) is 29.3 Å². The molecule has 2 amide bonds. The van der Waals surface area contributed by atoms with Gasteiger partial charge < -0.3 is 15.4 Å². The Morgan fingerprint density at radius 3 is 2.45 bits per heavy atom. The number of nitrogens with one attached hydrogen (secondary N) is 2. The summed E-state index contributed by atoms with van der Waals surface area (Å²) in [6.45, 7) is 1.31. The predicted octanol–water partition coefficient (Wildman–Crippen LogP) is 5.53. The van der Waals surface area contributed by atoms with Crippen molar-refractivity contribution in [3.8, 4) is 0 Å². The molecule has 0 unspecified atom stereocenters. The van der Waals surface area contributed by atoms with E-state index in [9.17, 15) is 31.2 Å². The molecule has 212 valence electrons. The molecule has 0 bridgehead atoms. The maximum atomic E-state index is 13.7. The highest BCUT2D eigenvalue weighted by atomic mass is 35.5. The lowest BCUT2D eigenvalue weighted by molar-refractivity contribution is -0.137. The fraction of sp³-hybridized carbons (Fsp3) is 0.240. The first-order valence-electron chi connectivity index (χ1n) is 11.7. The number of aromatic nitrogens is 1. The van der Waals surface area contributed by atoms with E-state index in [0.717, 1.165) is 22.5 Å². The van der Waals surface area contributed by atoms with Gasteiger partial charge in [0.2, 0.25) is 0 Å². The average Bonchev–Trinajstić information content (AvgIpc) is 2.88. The van der Waals surface area contributed by atoms with Gasteiger partial charge in [-0.1, -0.05) is 35.3 Å². The highest BCUT2D eigenvalue weighted by Crippen LogP contribution is 2.36. The van der Waals surface area contributed by atoms with Gasteiger partial charge in [0.1, 0.15) is 0 Å². The molecule has 0 spiro atoms. The molecular formula is C25H21Cl2F3N4O5S. The highest BCUT2D eigenvalue weighted by molar-refractivity contribution is 7.92. The van der Waals surface area contributed by atoms with Crippen molar-refractivity contribution in [2.24, 2.45) is 0 Å². The largest absolute Gasteiger partial charge is 0.450 e. The van der Waals surface area contributed by atoms with E-state index in [4.69, 9.17) is 27.9 Å². The van der Waals surface area contributed by atoms with Crippen molar-refractivity contribution < 1.29 is 35.9 Å². The van der Waals surface area contributed by atoms with Gasteiger partial charge in [-0.2, -0.15) is 13.2 Å². The molecule has 2 N–H and O–H groups in total. The molecule has 2 aromatic carbocycles. The van der Waals surface area contributed by atoms with Crippen molar-refractivity contribution in [3.05, 3.63) is 81.6 Å². The van der Waals surface area contributed by atoms with Crippen LogP contribution in [0.3, 0.4) is 0 Å². The number of carbonyl (C=O) groups excluding carboxylic acids is 2. The fourth-order valence-corrected chi connectivity index (χ4v) is 6.19. The number of fused-ring (bicyclic) bond motifs is 1. The number of anilines is 2. The third-order valence-electron chi connectivity index (χ3n) is 5.84. The minimum absolute atomic E-state index is 0.00220. The summed E-state index contributed by atoms with van der Waals surface area (Å²) in [5, 5.41) is 5.27. The van der Waals surface area contributed by atoms with Crippen LogP contribution in [-0.2, 0) is 27.4 Å². The molecule has 1 aliphatic heterocycles. The van der Waals surface area contributed by atoms with E-state index in [1.807, 2.05) is 0 Å². The molecule has 15 heteroatoms. The second kappa shape index (κ2) is 11.5. The van der Waals surface area contributed by atoms with E-state index in [1.165, 1.54) is 24.4 Å². The van der Waals surface area contributed by atoms with E-state index in [0.29, 0.717) is 6.07 Å². The molecule has 0 saturated carbocycles. The Kier molecular flexibility index (Phi) is 8.47. The van der Waals surface area contributed by atoms with Crippen molar-refractivity contribution in [1.29, 1.82) is 0 Å². The van der Waals surface area contributed by atoms with Crippen molar-refractivity contribution in [2.75, 3.05) is 22.8 Å². The summed E-state index contributed by atoms with van der Waals surface area (Å²) in [6, 6.07) is 8.28. The number of rotatable bonds is 6. The molecule has 9 nitrogen and oxygen atoms in total. The van der Waals surface area contributed by atoms with Gasteiger partial charge in [0.25, 0.3) is 15.9 Å². The number of pyridine rings is 1. The first-order chi connectivity index (χ1) is 18.8. The minimum Gasteiger partial charge on any atom is -0.450 e. The standard InChI is InChI=1S/C25H21Cl2F3N4O5S/c1-2-39-24(36)33-16-10-20-21(11-15(12-31-20)32-23(35)22-18(26)7-4-8-19(22)27)34(13-16)40(37,38)17-6-3-5-14(9-17)25(28,29)30/h3-9,11-12,16H,2,10,13H2,1H3,(H,32,35)(H,33,36)/t16-/m0/s1. The zero-order valence-corrected chi connectivity index (χ0v) is 23.0. The summed E-state index contributed by atoms with van der Waals surface area (Å²) in [5.74, 6) is -0.692. The molecule has 0 fully saturated rings. The molecule has 3 aromatic rings. The van der Waals surface area contributed by atoms with E-state index in [2.05, 4.69) is 15.6 Å². The van der Waals surface area contributed by atoms with E-state index >= 15 is 0 Å². The monoisotopic (exact) mass is 616 g/mol. The van der Waals surface area contributed by atoms with Gasteiger partial charge in [0.15, 0.2) is 0 Å². The normalized spacial score (nSPS) is 15.2. The Bertz CT molecular complexity index is 1550. The van der Waals surface area contributed by atoms with Gasteiger partial charge in [0.05, 0.1) is 68.5 Å². The smallest absolute Gasteiger partial charge is 0.416 e. The van der Waals surface area contributed by atoms with Gasteiger partial charge in [0, 0.05) is 6.42 Å². The number of halogens is 5. The molecule has 1 aromatic heterocycles. The second-order valence-corrected chi connectivity index (χ2v) is 11.2. The second-order valence-electron chi connectivity index (χ2n) is 8.57. The number of hydrogen-bond acceptors (Lipinski definition) is 6. The lowest BCUT2D eigenvalue weighted by atomic mass is 10.0. The Labute approximate surface area is 237 Å². The third-order valence-corrected chi connectivity index (χ3v) is 8.24.